The first-order valence-corrected chi connectivity index (χ1v) is 11.1. The molecular formula is C25H25F3N2O2. The van der Waals surface area contributed by atoms with Gasteiger partial charge in [0.15, 0.2) is 0 Å². The second kappa shape index (κ2) is 7.36. The summed E-state index contributed by atoms with van der Waals surface area (Å²) >= 11 is 0. The normalized spacial score (nSPS) is 29.9. The maximum atomic E-state index is 14.1. The van der Waals surface area contributed by atoms with Crippen LogP contribution >= 0.6 is 0 Å². The number of hydrogen-bond acceptors (Lipinski definition) is 2. The molecule has 32 heavy (non-hydrogen) atoms. The van der Waals surface area contributed by atoms with E-state index in [4.69, 9.17) is 0 Å². The minimum atomic E-state index is -4.56. The molecule has 3 amide bonds. The minimum absolute atomic E-state index is 0.0651. The molecule has 168 valence electrons. The number of carbonyl (C=O) groups is 2. The SMILES string of the molecule is CC1=C2[C@@H](c3ccccc3)C3C=CC2(C=C3C(F)(F)F)N(C(=O)NC2CCCCC2)C1=O. The highest BCUT2D eigenvalue weighted by Crippen LogP contribution is 2.59. The summed E-state index contributed by atoms with van der Waals surface area (Å²) in [4.78, 5) is 27.7. The number of nitrogens with zero attached hydrogens (tertiary/aromatic N) is 1. The van der Waals surface area contributed by atoms with Gasteiger partial charge in [-0.25, -0.2) is 9.69 Å². The van der Waals surface area contributed by atoms with E-state index in [2.05, 4.69) is 5.32 Å². The lowest BCUT2D eigenvalue weighted by molar-refractivity contribution is -0.125. The molecule has 1 N–H and O–H groups in total. The molecule has 0 aromatic heterocycles. The van der Waals surface area contributed by atoms with Crippen molar-refractivity contribution in [3.05, 3.63) is 70.8 Å². The summed E-state index contributed by atoms with van der Waals surface area (Å²) in [5, 5.41) is 2.92. The van der Waals surface area contributed by atoms with Crippen LogP contribution in [0, 0.1) is 5.92 Å². The van der Waals surface area contributed by atoms with Crippen LogP contribution in [0.2, 0.25) is 0 Å². The van der Waals surface area contributed by atoms with Gasteiger partial charge in [-0.3, -0.25) is 4.79 Å². The summed E-state index contributed by atoms with van der Waals surface area (Å²) in [6, 6.07) is 8.26. The molecule has 1 aliphatic heterocycles. The number of halogens is 3. The minimum Gasteiger partial charge on any atom is -0.335 e. The Morgan fingerprint density at radius 3 is 2.47 bits per heavy atom. The van der Waals surface area contributed by atoms with Gasteiger partial charge < -0.3 is 5.32 Å². The highest BCUT2D eigenvalue weighted by atomic mass is 19.4. The maximum Gasteiger partial charge on any atom is 0.413 e. The van der Waals surface area contributed by atoms with Crippen LogP contribution < -0.4 is 5.32 Å². The standard InChI is InChI=1S/C25H25F3N2O2/c1-15-21-20(16-8-4-2-5-9-16)18-12-13-24(21,14-19(18)25(26,27)28)30(22(15)31)23(32)29-17-10-6-3-7-11-17/h2,4-5,8-9,12-14,17-18,20H,3,6-7,10-11H2,1H3,(H,29,32)/t18?,20-,24?/m0/s1. The predicted octanol–water partition coefficient (Wildman–Crippen LogP) is 5.40. The Morgan fingerprint density at radius 2 is 1.81 bits per heavy atom. The van der Waals surface area contributed by atoms with Crippen LogP contribution in [0.1, 0.15) is 50.5 Å². The number of benzene rings is 1. The van der Waals surface area contributed by atoms with Crippen molar-refractivity contribution in [2.24, 2.45) is 5.92 Å². The quantitative estimate of drug-likeness (QED) is 0.624. The zero-order chi connectivity index (χ0) is 22.7. The number of rotatable bonds is 2. The number of nitrogens with one attached hydrogen (secondary N) is 1. The molecule has 1 spiro atoms. The third-order valence-electron chi connectivity index (χ3n) is 7.31. The average molecular weight is 442 g/mol. The van der Waals surface area contributed by atoms with E-state index < -0.39 is 41.1 Å². The number of imide groups is 1. The first kappa shape index (κ1) is 21.0. The van der Waals surface area contributed by atoms with Gasteiger partial charge in [0.1, 0.15) is 5.54 Å². The summed E-state index contributed by atoms with van der Waals surface area (Å²) in [6.07, 6.45) is 4.37. The summed E-state index contributed by atoms with van der Waals surface area (Å²) in [5.41, 5.74) is -0.592. The second-order valence-corrected chi connectivity index (χ2v) is 9.16. The molecule has 1 saturated carbocycles. The van der Waals surface area contributed by atoms with Gasteiger partial charge in [0.25, 0.3) is 5.91 Å². The molecule has 0 saturated heterocycles. The number of carbonyl (C=O) groups excluding carboxylic acids is 2. The lowest BCUT2D eigenvalue weighted by atomic mass is 9.60. The van der Waals surface area contributed by atoms with Crippen molar-refractivity contribution in [2.75, 3.05) is 0 Å². The molecular weight excluding hydrogens is 417 g/mol. The Labute approximate surface area is 184 Å². The van der Waals surface area contributed by atoms with E-state index in [1.54, 1.807) is 37.3 Å². The number of allylic oxidation sites excluding steroid dienone is 2. The van der Waals surface area contributed by atoms with Crippen molar-refractivity contribution in [3.63, 3.8) is 0 Å². The molecule has 3 atom stereocenters. The Balaban J connectivity index is 1.63. The van der Waals surface area contributed by atoms with Crippen molar-refractivity contribution in [3.8, 4) is 0 Å². The first-order valence-electron chi connectivity index (χ1n) is 11.1. The summed E-state index contributed by atoms with van der Waals surface area (Å²) in [6.45, 7) is 1.62. The summed E-state index contributed by atoms with van der Waals surface area (Å²) < 4.78 is 42.3. The Morgan fingerprint density at radius 1 is 1.12 bits per heavy atom. The van der Waals surface area contributed by atoms with Gasteiger partial charge in [0, 0.05) is 29.0 Å². The molecule has 6 rings (SSSR count). The third-order valence-corrected chi connectivity index (χ3v) is 7.31. The Hall–Kier alpha value is -2.83. The fourth-order valence-corrected chi connectivity index (χ4v) is 5.92. The van der Waals surface area contributed by atoms with E-state index in [0.29, 0.717) is 16.7 Å². The lowest BCUT2D eigenvalue weighted by Crippen LogP contribution is -2.58. The molecule has 1 heterocycles. The van der Waals surface area contributed by atoms with Gasteiger partial charge in [-0.2, -0.15) is 13.2 Å². The van der Waals surface area contributed by atoms with Crippen LogP contribution in [0.3, 0.4) is 0 Å². The fourth-order valence-electron chi connectivity index (χ4n) is 5.92. The van der Waals surface area contributed by atoms with E-state index in [-0.39, 0.29) is 6.04 Å². The molecule has 2 bridgehead atoms. The maximum absolute atomic E-state index is 14.1. The van der Waals surface area contributed by atoms with E-state index >= 15 is 0 Å². The van der Waals surface area contributed by atoms with Crippen LogP contribution in [0.15, 0.2) is 65.3 Å². The van der Waals surface area contributed by atoms with Gasteiger partial charge in [-0.15, -0.1) is 0 Å². The highest BCUT2D eigenvalue weighted by molar-refractivity contribution is 6.10. The Bertz CT molecular complexity index is 1050. The molecule has 7 heteroatoms. The zero-order valence-corrected chi connectivity index (χ0v) is 17.8. The molecule has 4 aliphatic carbocycles. The van der Waals surface area contributed by atoms with Gasteiger partial charge in [-0.1, -0.05) is 61.7 Å². The van der Waals surface area contributed by atoms with Crippen LogP contribution in [0.25, 0.3) is 0 Å². The average Bonchev–Trinajstić information content (AvgIpc) is 3.00. The van der Waals surface area contributed by atoms with Crippen molar-refractivity contribution in [1.82, 2.24) is 10.2 Å². The number of alkyl halides is 3. The Kier molecular flexibility index (Phi) is 4.84. The topological polar surface area (TPSA) is 49.4 Å². The van der Waals surface area contributed by atoms with Crippen molar-refractivity contribution in [2.45, 2.75) is 62.7 Å². The van der Waals surface area contributed by atoms with Gasteiger partial charge >= 0.3 is 12.2 Å². The van der Waals surface area contributed by atoms with Gasteiger partial charge in [0.2, 0.25) is 0 Å². The second-order valence-electron chi connectivity index (χ2n) is 9.16. The van der Waals surface area contributed by atoms with E-state index in [1.807, 2.05) is 6.07 Å². The van der Waals surface area contributed by atoms with Gasteiger partial charge in [0.05, 0.1) is 0 Å². The van der Waals surface area contributed by atoms with Crippen LogP contribution in [0.4, 0.5) is 18.0 Å². The largest absolute Gasteiger partial charge is 0.413 e. The molecule has 5 aliphatic rings. The van der Waals surface area contributed by atoms with Gasteiger partial charge in [-0.05, 0) is 37.0 Å². The molecule has 4 nitrogen and oxygen atoms in total. The molecule has 2 unspecified atom stereocenters. The number of amides is 3. The molecule has 0 radical (unpaired) electrons. The molecule has 1 aromatic rings. The third kappa shape index (κ3) is 3.05. The van der Waals surface area contributed by atoms with E-state index in [9.17, 15) is 22.8 Å². The molecule has 1 aromatic carbocycles. The van der Waals surface area contributed by atoms with Crippen LogP contribution in [-0.2, 0) is 4.79 Å². The number of urea groups is 1. The van der Waals surface area contributed by atoms with E-state index in [0.717, 1.165) is 43.1 Å². The van der Waals surface area contributed by atoms with Crippen LogP contribution in [0.5, 0.6) is 0 Å². The zero-order valence-electron chi connectivity index (χ0n) is 17.8. The van der Waals surface area contributed by atoms with E-state index in [1.165, 1.54) is 6.08 Å². The van der Waals surface area contributed by atoms with Crippen molar-refractivity contribution >= 4 is 11.9 Å². The van der Waals surface area contributed by atoms with Crippen LogP contribution in [-0.4, -0.2) is 34.6 Å². The summed E-state index contributed by atoms with van der Waals surface area (Å²) in [7, 11) is 0. The van der Waals surface area contributed by atoms with Crippen molar-refractivity contribution in [1.29, 1.82) is 0 Å². The van der Waals surface area contributed by atoms with Crippen molar-refractivity contribution < 1.29 is 22.8 Å². The predicted molar refractivity (Wildman–Crippen MR) is 114 cm³/mol. The number of hydrogen-bond donors (Lipinski definition) is 1. The lowest BCUT2D eigenvalue weighted by Gasteiger charge is -2.48. The molecule has 1 fully saturated rings. The fraction of sp³-hybridized carbons (Fsp3) is 0.440. The highest BCUT2D eigenvalue weighted by Gasteiger charge is 2.61. The smallest absolute Gasteiger partial charge is 0.335 e. The summed E-state index contributed by atoms with van der Waals surface area (Å²) in [5.74, 6) is -2.11. The monoisotopic (exact) mass is 442 g/mol. The first-order chi connectivity index (χ1) is 15.2.